The van der Waals surface area contributed by atoms with E-state index in [0.717, 1.165) is 12.3 Å². The zero-order chi connectivity index (χ0) is 11.9. The Labute approximate surface area is 119 Å². The van der Waals surface area contributed by atoms with E-state index in [2.05, 4.69) is 60.7 Å². The third-order valence-corrected chi connectivity index (χ3v) is 3.96. The molecule has 0 atom stereocenters. The third kappa shape index (κ3) is 4.05. The molecule has 0 heterocycles. The lowest BCUT2D eigenvalue weighted by Gasteiger charge is -2.17. The van der Waals surface area contributed by atoms with Gasteiger partial charge in [0.25, 0.3) is 0 Å². The first-order chi connectivity index (χ1) is 8.42. The summed E-state index contributed by atoms with van der Waals surface area (Å²) in [6.07, 6.45) is 0. The average Bonchev–Trinajstić information content (AvgIpc) is 2.42. The molecule has 0 saturated heterocycles. The van der Waals surface area contributed by atoms with Crippen LogP contribution in [0.3, 0.4) is 0 Å². The van der Waals surface area contributed by atoms with E-state index in [0.29, 0.717) is 5.25 Å². The van der Waals surface area contributed by atoms with Gasteiger partial charge in [0.05, 0.1) is 5.25 Å². The lowest BCUT2D eigenvalue weighted by molar-refractivity contribution is 1.11. The molecule has 0 radical (unpaired) electrons. The zero-order valence-electron chi connectivity index (χ0n) is 10.2. The Hall–Kier alpha value is -0.960. The number of benzene rings is 2. The molecule has 0 aromatic heterocycles. The molecule has 3 heteroatoms. The molecule has 0 fully saturated rings. The Kier molecular flexibility index (Phi) is 6.88. The van der Waals surface area contributed by atoms with Crippen molar-refractivity contribution in [3.8, 4) is 0 Å². The maximum Gasteiger partial charge on any atom is 0.0547 e. The van der Waals surface area contributed by atoms with E-state index in [4.69, 9.17) is 5.73 Å². The summed E-state index contributed by atoms with van der Waals surface area (Å²) in [6.45, 7) is 0.723. The third-order valence-electron chi connectivity index (χ3n) is 2.61. The molecule has 0 aliphatic rings. The maximum atomic E-state index is 5.61. The summed E-state index contributed by atoms with van der Waals surface area (Å²) in [4.78, 5) is 0. The molecule has 2 rings (SSSR count). The van der Waals surface area contributed by atoms with Crippen LogP contribution in [0.5, 0.6) is 0 Å². The number of rotatable bonds is 5. The highest BCUT2D eigenvalue weighted by Gasteiger charge is 2.13. The zero-order valence-corrected chi connectivity index (χ0v) is 11.8. The van der Waals surface area contributed by atoms with Gasteiger partial charge in [-0.25, -0.2) is 0 Å². The topological polar surface area (TPSA) is 26.0 Å². The van der Waals surface area contributed by atoms with E-state index in [1.54, 1.807) is 0 Å². The Morgan fingerprint density at radius 1 is 0.833 bits per heavy atom. The lowest BCUT2D eigenvalue weighted by Crippen LogP contribution is -2.05. The molecule has 0 aliphatic heterocycles. The van der Waals surface area contributed by atoms with Gasteiger partial charge in [-0.05, 0) is 11.1 Å². The Morgan fingerprint density at radius 2 is 1.28 bits per heavy atom. The van der Waals surface area contributed by atoms with Crippen molar-refractivity contribution in [1.82, 2.24) is 0 Å². The van der Waals surface area contributed by atoms with E-state index in [1.807, 2.05) is 11.8 Å². The lowest BCUT2D eigenvalue weighted by atomic mass is 10.0. The van der Waals surface area contributed by atoms with Crippen LogP contribution in [0.1, 0.15) is 16.4 Å². The van der Waals surface area contributed by atoms with E-state index < -0.39 is 0 Å². The standard InChI is InChI=1S/C15H17NS.ClH/c16-11-12-17-15(13-7-3-1-4-8-13)14-9-5-2-6-10-14;/h1-10,15H,11-12,16H2;1H. The minimum absolute atomic E-state index is 0. The average molecular weight is 280 g/mol. The number of thioether (sulfide) groups is 1. The summed E-state index contributed by atoms with van der Waals surface area (Å²) in [5.41, 5.74) is 8.30. The van der Waals surface area contributed by atoms with Gasteiger partial charge in [0.2, 0.25) is 0 Å². The number of hydrogen-bond acceptors (Lipinski definition) is 2. The van der Waals surface area contributed by atoms with Crippen LogP contribution in [0.4, 0.5) is 0 Å². The molecule has 0 unspecified atom stereocenters. The van der Waals surface area contributed by atoms with Crippen molar-refractivity contribution in [2.24, 2.45) is 5.73 Å². The van der Waals surface area contributed by atoms with Crippen molar-refractivity contribution in [2.75, 3.05) is 12.3 Å². The summed E-state index contributed by atoms with van der Waals surface area (Å²) in [5.74, 6) is 0.981. The second-order valence-electron chi connectivity index (χ2n) is 3.86. The van der Waals surface area contributed by atoms with Crippen molar-refractivity contribution in [1.29, 1.82) is 0 Å². The molecule has 96 valence electrons. The first-order valence-corrected chi connectivity index (χ1v) is 6.88. The van der Waals surface area contributed by atoms with Crippen LogP contribution >= 0.6 is 24.2 Å². The SMILES string of the molecule is Cl.NCCSC(c1ccccc1)c1ccccc1. The van der Waals surface area contributed by atoms with Gasteiger partial charge in [0.15, 0.2) is 0 Å². The van der Waals surface area contributed by atoms with Gasteiger partial charge >= 0.3 is 0 Å². The van der Waals surface area contributed by atoms with Gasteiger partial charge in [-0.15, -0.1) is 24.2 Å². The van der Waals surface area contributed by atoms with Crippen molar-refractivity contribution in [3.05, 3.63) is 71.8 Å². The van der Waals surface area contributed by atoms with Crippen LogP contribution in [-0.2, 0) is 0 Å². The van der Waals surface area contributed by atoms with Crippen molar-refractivity contribution < 1.29 is 0 Å². The number of nitrogens with two attached hydrogens (primary N) is 1. The highest BCUT2D eigenvalue weighted by atomic mass is 35.5. The highest BCUT2D eigenvalue weighted by molar-refractivity contribution is 7.99. The minimum Gasteiger partial charge on any atom is -0.330 e. The molecule has 1 nitrogen and oxygen atoms in total. The highest BCUT2D eigenvalue weighted by Crippen LogP contribution is 2.34. The van der Waals surface area contributed by atoms with Crippen LogP contribution in [0, 0.1) is 0 Å². The Bertz CT molecular complexity index is 393. The van der Waals surface area contributed by atoms with Gasteiger partial charge in [-0.2, -0.15) is 0 Å². The van der Waals surface area contributed by atoms with Crippen LogP contribution < -0.4 is 5.73 Å². The summed E-state index contributed by atoms with van der Waals surface area (Å²) >= 11 is 1.90. The molecule has 0 aliphatic carbocycles. The van der Waals surface area contributed by atoms with Gasteiger partial charge in [0, 0.05) is 12.3 Å². The van der Waals surface area contributed by atoms with Gasteiger partial charge in [-0.3, -0.25) is 0 Å². The summed E-state index contributed by atoms with van der Waals surface area (Å²) in [7, 11) is 0. The first kappa shape index (κ1) is 15.1. The number of hydrogen-bond donors (Lipinski definition) is 1. The maximum absolute atomic E-state index is 5.61. The minimum atomic E-state index is 0. The van der Waals surface area contributed by atoms with Gasteiger partial charge in [-0.1, -0.05) is 60.7 Å². The van der Waals surface area contributed by atoms with E-state index in [-0.39, 0.29) is 12.4 Å². The molecule has 18 heavy (non-hydrogen) atoms. The second-order valence-corrected chi connectivity index (χ2v) is 5.07. The molecule has 2 aromatic rings. The second kappa shape index (κ2) is 8.20. The predicted molar refractivity (Wildman–Crippen MR) is 83.5 cm³/mol. The molecule has 2 aromatic carbocycles. The summed E-state index contributed by atoms with van der Waals surface area (Å²) in [5, 5.41) is 0.390. The number of halogens is 1. The van der Waals surface area contributed by atoms with Crippen LogP contribution in [-0.4, -0.2) is 12.3 Å². The predicted octanol–water partition coefficient (Wildman–Crippen LogP) is 3.89. The van der Waals surface area contributed by atoms with Crippen molar-refractivity contribution in [3.63, 3.8) is 0 Å². The normalized spacial score (nSPS) is 10.1. The van der Waals surface area contributed by atoms with Crippen LogP contribution in [0.25, 0.3) is 0 Å². The summed E-state index contributed by atoms with van der Waals surface area (Å²) in [6, 6.07) is 21.2. The monoisotopic (exact) mass is 279 g/mol. The smallest absolute Gasteiger partial charge is 0.0547 e. The Balaban J connectivity index is 0.00000162. The van der Waals surface area contributed by atoms with Gasteiger partial charge in [0.1, 0.15) is 0 Å². The fraction of sp³-hybridized carbons (Fsp3) is 0.200. The van der Waals surface area contributed by atoms with E-state index >= 15 is 0 Å². The first-order valence-electron chi connectivity index (χ1n) is 5.83. The van der Waals surface area contributed by atoms with Crippen molar-refractivity contribution >= 4 is 24.2 Å². The van der Waals surface area contributed by atoms with Gasteiger partial charge < -0.3 is 5.73 Å². The molecule has 0 bridgehead atoms. The van der Waals surface area contributed by atoms with Crippen LogP contribution in [0.2, 0.25) is 0 Å². The summed E-state index contributed by atoms with van der Waals surface area (Å²) < 4.78 is 0. The quantitative estimate of drug-likeness (QED) is 0.899. The Morgan fingerprint density at radius 3 is 1.67 bits per heavy atom. The fourth-order valence-electron chi connectivity index (χ4n) is 1.83. The molecule has 2 N–H and O–H groups in total. The fourth-order valence-corrected chi connectivity index (χ4v) is 2.90. The molecule has 0 amide bonds. The molecule has 0 saturated carbocycles. The molecular weight excluding hydrogens is 262 g/mol. The largest absolute Gasteiger partial charge is 0.330 e. The van der Waals surface area contributed by atoms with Crippen LogP contribution in [0.15, 0.2) is 60.7 Å². The van der Waals surface area contributed by atoms with Crippen molar-refractivity contribution in [2.45, 2.75) is 5.25 Å². The van der Waals surface area contributed by atoms with E-state index in [1.165, 1.54) is 11.1 Å². The van der Waals surface area contributed by atoms with E-state index in [9.17, 15) is 0 Å². The molecular formula is C15H18ClNS. The molecule has 0 spiro atoms.